The van der Waals surface area contributed by atoms with Crippen LogP contribution in [-0.4, -0.2) is 35.4 Å². The summed E-state index contributed by atoms with van der Waals surface area (Å²) in [6, 6.07) is 15.1. The molecule has 1 N–H and O–H groups in total. The van der Waals surface area contributed by atoms with Gasteiger partial charge < -0.3 is 15.0 Å². The highest BCUT2D eigenvalue weighted by atomic mass is 16.5. The Kier molecular flexibility index (Phi) is 8.90. The summed E-state index contributed by atoms with van der Waals surface area (Å²) in [5.74, 6) is 0.274. The van der Waals surface area contributed by atoms with Crippen molar-refractivity contribution in [1.29, 1.82) is 0 Å². The third kappa shape index (κ3) is 6.61. The topological polar surface area (TPSA) is 58.6 Å². The molecule has 0 radical (unpaired) electrons. The number of amides is 2. The summed E-state index contributed by atoms with van der Waals surface area (Å²) in [5, 5.41) is 2.98. The highest BCUT2D eigenvalue weighted by Gasteiger charge is 2.27. The quantitative estimate of drug-likeness (QED) is 0.636. The van der Waals surface area contributed by atoms with Gasteiger partial charge in [0.25, 0.3) is 5.91 Å². The Bertz CT molecular complexity index is 833. The monoisotopic (exact) mass is 410 g/mol. The average molecular weight is 411 g/mol. The second kappa shape index (κ2) is 11.4. The maximum Gasteiger partial charge on any atom is 0.261 e. The average Bonchev–Trinajstić information content (AvgIpc) is 2.76. The zero-order valence-electron chi connectivity index (χ0n) is 18.8. The maximum atomic E-state index is 13.1. The lowest BCUT2D eigenvalue weighted by Gasteiger charge is -2.30. The minimum Gasteiger partial charge on any atom is -0.484 e. The predicted octanol–water partition coefficient (Wildman–Crippen LogP) is 4.27. The molecule has 2 atom stereocenters. The highest BCUT2D eigenvalue weighted by Crippen LogP contribution is 2.16. The number of carbonyl (C=O) groups excluding carboxylic acids is 2. The van der Waals surface area contributed by atoms with Crippen LogP contribution in [0, 0.1) is 6.92 Å². The number of aryl methyl sites for hydroxylation is 2. The van der Waals surface area contributed by atoms with E-state index in [0.717, 1.165) is 24.0 Å². The minimum atomic E-state index is -0.600. The van der Waals surface area contributed by atoms with Crippen LogP contribution in [0.3, 0.4) is 0 Å². The van der Waals surface area contributed by atoms with Crippen molar-refractivity contribution < 1.29 is 14.3 Å². The van der Waals surface area contributed by atoms with Crippen LogP contribution >= 0.6 is 0 Å². The van der Waals surface area contributed by atoms with Gasteiger partial charge in [0.1, 0.15) is 11.8 Å². The number of nitrogens with zero attached hydrogens (tertiary/aromatic N) is 1. The summed E-state index contributed by atoms with van der Waals surface area (Å²) in [4.78, 5) is 27.4. The van der Waals surface area contributed by atoms with E-state index in [1.807, 2.05) is 69.3 Å². The molecule has 0 saturated heterocycles. The molecule has 30 heavy (non-hydrogen) atoms. The fraction of sp³-hybridized carbons (Fsp3) is 0.440. The molecule has 2 rings (SSSR count). The zero-order chi connectivity index (χ0) is 22.1. The first kappa shape index (κ1) is 23.5. The molecule has 2 aromatic carbocycles. The van der Waals surface area contributed by atoms with Crippen molar-refractivity contribution in [2.45, 2.75) is 66.1 Å². The van der Waals surface area contributed by atoms with Gasteiger partial charge in [-0.05, 0) is 62.4 Å². The molecule has 5 nitrogen and oxygen atoms in total. The van der Waals surface area contributed by atoms with Crippen LogP contribution in [0.25, 0.3) is 0 Å². The highest BCUT2D eigenvalue weighted by molar-refractivity contribution is 5.88. The van der Waals surface area contributed by atoms with Crippen LogP contribution in [0.2, 0.25) is 0 Å². The van der Waals surface area contributed by atoms with Crippen LogP contribution in [0.15, 0.2) is 48.5 Å². The molecular weight excluding hydrogens is 376 g/mol. The Morgan fingerprint density at radius 1 is 1.03 bits per heavy atom. The molecule has 0 unspecified atom stereocenters. The molecular formula is C25H34N2O3. The van der Waals surface area contributed by atoms with Crippen molar-refractivity contribution in [3.8, 4) is 5.75 Å². The van der Waals surface area contributed by atoms with Gasteiger partial charge in [-0.3, -0.25) is 9.59 Å². The molecule has 0 fully saturated rings. The molecule has 0 aliphatic carbocycles. The molecule has 5 heteroatoms. The van der Waals surface area contributed by atoms with Crippen LogP contribution < -0.4 is 10.1 Å². The van der Waals surface area contributed by atoms with Gasteiger partial charge in [-0.1, -0.05) is 50.2 Å². The van der Waals surface area contributed by atoms with Crippen molar-refractivity contribution in [3.05, 3.63) is 65.2 Å². The number of hydrogen-bond acceptors (Lipinski definition) is 3. The van der Waals surface area contributed by atoms with Crippen LogP contribution in [0.5, 0.6) is 5.75 Å². The van der Waals surface area contributed by atoms with Gasteiger partial charge in [0, 0.05) is 12.6 Å². The van der Waals surface area contributed by atoms with Gasteiger partial charge in [0.2, 0.25) is 5.91 Å². The van der Waals surface area contributed by atoms with E-state index in [9.17, 15) is 9.59 Å². The van der Waals surface area contributed by atoms with E-state index < -0.39 is 6.04 Å². The van der Waals surface area contributed by atoms with E-state index in [2.05, 4.69) is 12.2 Å². The van der Waals surface area contributed by atoms with Gasteiger partial charge in [-0.2, -0.15) is 0 Å². The second-order valence-electron chi connectivity index (χ2n) is 7.73. The molecule has 0 saturated carbocycles. The van der Waals surface area contributed by atoms with Gasteiger partial charge in [-0.15, -0.1) is 0 Å². The molecule has 0 heterocycles. The first-order valence-electron chi connectivity index (χ1n) is 10.7. The largest absolute Gasteiger partial charge is 0.484 e. The number of ether oxygens (including phenoxy) is 1. The third-order valence-electron chi connectivity index (χ3n) is 5.46. The SMILES string of the molecule is CCc1ccc(OCC(=O)N(Cc2ccccc2C)[C@@H](C)C(=O)N[C@@H](C)CC)cc1. The summed E-state index contributed by atoms with van der Waals surface area (Å²) >= 11 is 0. The Balaban J connectivity index is 2.14. The van der Waals surface area contributed by atoms with Crippen molar-refractivity contribution in [2.24, 2.45) is 0 Å². The third-order valence-corrected chi connectivity index (χ3v) is 5.46. The number of hydrogen-bond donors (Lipinski definition) is 1. The zero-order valence-corrected chi connectivity index (χ0v) is 18.8. The van der Waals surface area contributed by atoms with Crippen LogP contribution in [0.1, 0.15) is 50.8 Å². The molecule has 0 spiro atoms. The number of carbonyl (C=O) groups is 2. The lowest BCUT2D eigenvalue weighted by Crippen LogP contribution is -2.50. The van der Waals surface area contributed by atoms with Crippen LogP contribution in [0.4, 0.5) is 0 Å². The molecule has 0 aromatic heterocycles. The molecule has 2 aromatic rings. The van der Waals surface area contributed by atoms with Crippen molar-refractivity contribution >= 4 is 11.8 Å². The lowest BCUT2D eigenvalue weighted by atomic mass is 10.1. The smallest absolute Gasteiger partial charge is 0.261 e. The lowest BCUT2D eigenvalue weighted by molar-refractivity contribution is -0.142. The normalized spacial score (nSPS) is 12.7. The van der Waals surface area contributed by atoms with Gasteiger partial charge in [0.05, 0.1) is 0 Å². The van der Waals surface area contributed by atoms with E-state index >= 15 is 0 Å². The van der Waals surface area contributed by atoms with Gasteiger partial charge in [0.15, 0.2) is 6.61 Å². The van der Waals surface area contributed by atoms with Gasteiger partial charge in [-0.25, -0.2) is 0 Å². The summed E-state index contributed by atoms with van der Waals surface area (Å²) < 4.78 is 5.73. The van der Waals surface area contributed by atoms with Crippen molar-refractivity contribution in [2.75, 3.05) is 6.61 Å². The van der Waals surface area contributed by atoms with Gasteiger partial charge >= 0.3 is 0 Å². The summed E-state index contributed by atoms with van der Waals surface area (Å²) in [5.41, 5.74) is 3.31. The maximum absolute atomic E-state index is 13.1. The molecule has 2 amide bonds. The Hall–Kier alpha value is -2.82. The number of nitrogens with one attached hydrogen (secondary N) is 1. The first-order chi connectivity index (χ1) is 14.3. The molecule has 162 valence electrons. The van der Waals surface area contributed by atoms with E-state index in [1.54, 1.807) is 11.8 Å². The van der Waals surface area contributed by atoms with E-state index in [1.165, 1.54) is 5.56 Å². The molecule has 0 bridgehead atoms. The van der Waals surface area contributed by atoms with E-state index in [-0.39, 0.29) is 24.5 Å². The predicted molar refractivity (Wildman–Crippen MR) is 120 cm³/mol. The standard InChI is InChI=1S/C25H34N2O3/c1-6-19(4)26-25(29)20(5)27(16-22-11-9-8-10-18(22)3)24(28)17-30-23-14-12-21(7-2)13-15-23/h8-15,19-20H,6-7,16-17H2,1-5H3,(H,26,29)/t19-,20-/m0/s1. The molecule has 0 aliphatic rings. The summed E-state index contributed by atoms with van der Waals surface area (Å²) in [6.45, 7) is 10.1. The second-order valence-corrected chi connectivity index (χ2v) is 7.73. The Labute approximate surface area is 180 Å². The Morgan fingerprint density at radius 3 is 2.30 bits per heavy atom. The van der Waals surface area contributed by atoms with Crippen molar-refractivity contribution in [3.63, 3.8) is 0 Å². The fourth-order valence-corrected chi connectivity index (χ4v) is 3.07. The minimum absolute atomic E-state index is 0.0590. The van der Waals surface area contributed by atoms with E-state index in [4.69, 9.17) is 4.74 Å². The van der Waals surface area contributed by atoms with E-state index in [0.29, 0.717) is 12.3 Å². The summed E-state index contributed by atoms with van der Waals surface area (Å²) in [7, 11) is 0. The number of benzene rings is 2. The number of rotatable bonds is 10. The van der Waals surface area contributed by atoms with Crippen LogP contribution in [-0.2, 0) is 22.6 Å². The Morgan fingerprint density at radius 2 is 1.70 bits per heavy atom. The first-order valence-corrected chi connectivity index (χ1v) is 10.7. The molecule has 0 aliphatic heterocycles. The summed E-state index contributed by atoms with van der Waals surface area (Å²) in [6.07, 6.45) is 1.79. The fourth-order valence-electron chi connectivity index (χ4n) is 3.07. The van der Waals surface area contributed by atoms with Crippen molar-refractivity contribution in [1.82, 2.24) is 10.2 Å².